The van der Waals surface area contributed by atoms with E-state index in [0.29, 0.717) is 11.8 Å². The molecule has 0 spiro atoms. The van der Waals surface area contributed by atoms with Crippen molar-refractivity contribution in [2.75, 3.05) is 38.5 Å². The van der Waals surface area contributed by atoms with E-state index >= 15 is 0 Å². The zero-order valence-electron chi connectivity index (χ0n) is 10.6. The summed E-state index contributed by atoms with van der Waals surface area (Å²) in [4.78, 5) is 16.5. The summed E-state index contributed by atoms with van der Waals surface area (Å²) < 4.78 is 0. The minimum atomic E-state index is 0.392. The van der Waals surface area contributed by atoms with Crippen LogP contribution in [0.15, 0.2) is 0 Å². The molecule has 0 aromatic rings. The van der Waals surface area contributed by atoms with Crippen molar-refractivity contribution in [2.45, 2.75) is 32.1 Å². The summed E-state index contributed by atoms with van der Waals surface area (Å²) in [7, 11) is 0. The topological polar surface area (TPSA) is 23.6 Å². The predicted octanol–water partition coefficient (Wildman–Crippen LogP) is 1.64. The fourth-order valence-corrected chi connectivity index (χ4v) is 2.73. The van der Waals surface area contributed by atoms with Crippen LogP contribution in [-0.2, 0) is 4.79 Å². The van der Waals surface area contributed by atoms with Gasteiger partial charge in [-0.1, -0.05) is 6.42 Å². The lowest BCUT2D eigenvalue weighted by atomic mass is 9.82. The summed E-state index contributed by atoms with van der Waals surface area (Å²) >= 11 is 4.23. The van der Waals surface area contributed by atoms with Crippen LogP contribution in [0.2, 0.25) is 0 Å². The van der Waals surface area contributed by atoms with Crippen molar-refractivity contribution in [3.8, 4) is 0 Å². The van der Waals surface area contributed by atoms with E-state index in [0.717, 1.165) is 51.3 Å². The molecule has 0 unspecified atom stereocenters. The number of hydrogen-bond donors (Lipinski definition) is 1. The Morgan fingerprint density at radius 3 is 2.41 bits per heavy atom. The monoisotopic (exact) mass is 256 g/mol. The van der Waals surface area contributed by atoms with Crippen molar-refractivity contribution < 1.29 is 4.79 Å². The van der Waals surface area contributed by atoms with Gasteiger partial charge in [-0.3, -0.25) is 9.69 Å². The highest BCUT2D eigenvalue weighted by molar-refractivity contribution is 7.80. The lowest BCUT2D eigenvalue weighted by molar-refractivity contribution is -0.134. The average Bonchev–Trinajstić information content (AvgIpc) is 2.31. The van der Waals surface area contributed by atoms with Crippen LogP contribution in [0.1, 0.15) is 32.1 Å². The zero-order valence-corrected chi connectivity index (χ0v) is 11.5. The maximum Gasteiger partial charge on any atom is 0.222 e. The first-order chi connectivity index (χ1) is 8.29. The molecular formula is C13H24N2OS. The molecule has 0 atom stereocenters. The average molecular weight is 256 g/mol. The highest BCUT2D eigenvalue weighted by Crippen LogP contribution is 2.29. The van der Waals surface area contributed by atoms with Crippen LogP contribution in [0.4, 0.5) is 0 Å². The first-order valence-electron chi connectivity index (χ1n) is 6.90. The lowest BCUT2D eigenvalue weighted by Crippen LogP contribution is -2.49. The molecule has 2 aliphatic rings. The minimum absolute atomic E-state index is 0.392. The van der Waals surface area contributed by atoms with Gasteiger partial charge in [0.15, 0.2) is 0 Å². The van der Waals surface area contributed by atoms with Crippen LogP contribution in [-0.4, -0.2) is 54.2 Å². The van der Waals surface area contributed by atoms with Gasteiger partial charge in [0, 0.05) is 32.6 Å². The second-order valence-electron chi connectivity index (χ2n) is 5.30. The van der Waals surface area contributed by atoms with Crippen LogP contribution in [0.5, 0.6) is 0 Å². The third kappa shape index (κ3) is 3.88. The zero-order chi connectivity index (χ0) is 12.1. The Balaban J connectivity index is 1.65. The molecule has 2 fully saturated rings. The van der Waals surface area contributed by atoms with Gasteiger partial charge in [0.2, 0.25) is 5.91 Å². The molecule has 2 rings (SSSR count). The molecule has 0 radical (unpaired) electrons. The van der Waals surface area contributed by atoms with Crippen molar-refractivity contribution in [3.05, 3.63) is 0 Å². The largest absolute Gasteiger partial charge is 0.340 e. The minimum Gasteiger partial charge on any atom is -0.340 e. The molecule has 1 heterocycles. The quantitative estimate of drug-likeness (QED) is 0.756. The number of carbonyl (C=O) groups is 1. The smallest absolute Gasteiger partial charge is 0.222 e. The first kappa shape index (κ1) is 13.2. The van der Waals surface area contributed by atoms with Crippen molar-refractivity contribution in [2.24, 2.45) is 5.92 Å². The fourth-order valence-electron chi connectivity index (χ4n) is 2.59. The molecular weight excluding hydrogens is 232 g/mol. The number of piperazine rings is 1. The maximum absolute atomic E-state index is 12.0. The second kappa shape index (κ2) is 6.64. The lowest BCUT2D eigenvalue weighted by Gasteiger charge is -2.36. The van der Waals surface area contributed by atoms with E-state index in [-0.39, 0.29) is 0 Å². The van der Waals surface area contributed by atoms with Gasteiger partial charge in [-0.15, -0.1) is 0 Å². The second-order valence-corrected chi connectivity index (χ2v) is 5.75. The van der Waals surface area contributed by atoms with E-state index in [4.69, 9.17) is 0 Å². The van der Waals surface area contributed by atoms with Gasteiger partial charge in [-0.05, 0) is 37.5 Å². The normalized spacial score (nSPS) is 22.5. The Morgan fingerprint density at radius 2 is 1.88 bits per heavy atom. The molecule has 0 aromatic heterocycles. The molecule has 17 heavy (non-hydrogen) atoms. The fraction of sp³-hybridized carbons (Fsp3) is 0.923. The third-order valence-corrected chi connectivity index (χ3v) is 4.36. The molecule has 0 aromatic carbocycles. The van der Waals surface area contributed by atoms with E-state index in [1.807, 2.05) is 0 Å². The van der Waals surface area contributed by atoms with Crippen molar-refractivity contribution in [3.63, 3.8) is 0 Å². The van der Waals surface area contributed by atoms with Gasteiger partial charge < -0.3 is 4.90 Å². The van der Waals surface area contributed by atoms with Gasteiger partial charge in [-0.2, -0.15) is 12.6 Å². The van der Waals surface area contributed by atoms with E-state index in [1.54, 1.807) is 0 Å². The van der Waals surface area contributed by atoms with Crippen molar-refractivity contribution >= 4 is 18.5 Å². The van der Waals surface area contributed by atoms with Crippen LogP contribution >= 0.6 is 12.6 Å². The van der Waals surface area contributed by atoms with Gasteiger partial charge in [0.25, 0.3) is 0 Å². The molecule has 98 valence electrons. The highest BCUT2D eigenvalue weighted by Gasteiger charge is 2.25. The Morgan fingerprint density at radius 1 is 1.18 bits per heavy atom. The number of nitrogens with zero attached hydrogens (tertiary/aromatic N) is 2. The number of thiol groups is 1. The molecule has 1 aliphatic heterocycles. The van der Waals surface area contributed by atoms with E-state index in [1.165, 1.54) is 19.3 Å². The summed E-state index contributed by atoms with van der Waals surface area (Å²) in [5.74, 6) is 2.05. The number of rotatable bonds is 5. The van der Waals surface area contributed by atoms with Gasteiger partial charge in [0.05, 0.1) is 0 Å². The summed E-state index contributed by atoms with van der Waals surface area (Å²) in [6.45, 7) is 5.08. The number of carbonyl (C=O) groups excluding carboxylic acids is 1. The Bertz CT molecular complexity index is 248. The molecule has 0 N–H and O–H groups in total. The summed E-state index contributed by atoms with van der Waals surface area (Å²) in [6, 6.07) is 0. The van der Waals surface area contributed by atoms with Crippen LogP contribution in [0.3, 0.4) is 0 Å². The SMILES string of the molecule is O=C(CC1CCC1)N1CCN(CCCS)CC1. The molecule has 4 heteroatoms. The first-order valence-corrected chi connectivity index (χ1v) is 7.54. The highest BCUT2D eigenvalue weighted by atomic mass is 32.1. The van der Waals surface area contributed by atoms with Gasteiger partial charge >= 0.3 is 0 Å². The Kier molecular flexibility index (Phi) is 5.16. The van der Waals surface area contributed by atoms with E-state index < -0.39 is 0 Å². The van der Waals surface area contributed by atoms with Crippen LogP contribution < -0.4 is 0 Å². The Labute approximate surface area is 110 Å². The Hall–Kier alpha value is -0.220. The number of amides is 1. The van der Waals surface area contributed by atoms with Gasteiger partial charge in [0.1, 0.15) is 0 Å². The standard InChI is InChI=1S/C13H24N2OS/c16-13(11-12-3-1-4-12)15-8-6-14(7-9-15)5-2-10-17/h12,17H,1-11H2. The molecule has 1 saturated carbocycles. The predicted molar refractivity (Wildman–Crippen MR) is 73.4 cm³/mol. The summed E-state index contributed by atoms with van der Waals surface area (Å²) in [6.07, 6.45) is 5.83. The summed E-state index contributed by atoms with van der Waals surface area (Å²) in [5.41, 5.74) is 0. The molecule has 1 amide bonds. The number of hydrogen-bond acceptors (Lipinski definition) is 3. The maximum atomic E-state index is 12.0. The van der Waals surface area contributed by atoms with E-state index in [9.17, 15) is 4.79 Å². The molecule has 0 bridgehead atoms. The van der Waals surface area contributed by atoms with Crippen LogP contribution in [0, 0.1) is 5.92 Å². The van der Waals surface area contributed by atoms with Crippen molar-refractivity contribution in [1.82, 2.24) is 9.80 Å². The third-order valence-electron chi connectivity index (χ3n) is 4.05. The molecule has 3 nitrogen and oxygen atoms in total. The van der Waals surface area contributed by atoms with E-state index in [2.05, 4.69) is 22.4 Å². The van der Waals surface area contributed by atoms with Crippen molar-refractivity contribution in [1.29, 1.82) is 0 Å². The molecule has 1 aliphatic carbocycles. The van der Waals surface area contributed by atoms with Gasteiger partial charge in [-0.25, -0.2) is 0 Å². The summed E-state index contributed by atoms with van der Waals surface area (Å²) in [5, 5.41) is 0. The molecule has 1 saturated heterocycles. The van der Waals surface area contributed by atoms with Crippen LogP contribution in [0.25, 0.3) is 0 Å².